The van der Waals surface area contributed by atoms with Crippen LogP contribution in [0.25, 0.3) is 21.8 Å². The van der Waals surface area contributed by atoms with Crippen molar-refractivity contribution < 1.29 is 14.4 Å². The molecule has 0 saturated carbocycles. The van der Waals surface area contributed by atoms with Crippen LogP contribution in [0.1, 0.15) is 22.6 Å². The lowest BCUT2D eigenvalue weighted by Gasteiger charge is -2.19. The summed E-state index contributed by atoms with van der Waals surface area (Å²) in [5.74, 6) is -0.203. The second-order valence-electron chi connectivity index (χ2n) is 7.44. The predicted octanol–water partition coefficient (Wildman–Crippen LogP) is 5.84. The first-order valence-electron chi connectivity index (χ1n) is 9.50. The Morgan fingerprint density at radius 3 is 1.84 bits per heavy atom. The summed E-state index contributed by atoms with van der Waals surface area (Å²) in [6.45, 7) is 0. The highest BCUT2D eigenvalue weighted by Crippen LogP contribution is 2.41. The van der Waals surface area contributed by atoms with Crippen molar-refractivity contribution in [3.63, 3.8) is 0 Å². The van der Waals surface area contributed by atoms with Gasteiger partial charge in [0.25, 0.3) is 0 Å². The third-order valence-corrected chi connectivity index (χ3v) is 7.81. The maximum absolute atomic E-state index is 12.0. The van der Waals surface area contributed by atoms with E-state index in [1.54, 1.807) is 12.1 Å². The third kappa shape index (κ3) is 3.98. The molecule has 2 aromatic heterocycles. The monoisotopic (exact) mass is 654 g/mol. The van der Waals surface area contributed by atoms with Crippen molar-refractivity contribution in [2.75, 3.05) is 0 Å². The average molecular weight is 654 g/mol. The maximum atomic E-state index is 12.0. The van der Waals surface area contributed by atoms with Crippen LogP contribution in [0, 0.1) is 7.14 Å². The van der Waals surface area contributed by atoms with Gasteiger partial charge in [-0.3, -0.25) is 4.57 Å². The summed E-state index contributed by atoms with van der Waals surface area (Å²) < 4.78 is 14.2. The van der Waals surface area contributed by atoms with E-state index in [0.29, 0.717) is 0 Å². The zero-order valence-electron chi connectivity index (χ0n) is 16.0. The van der Waals surface area contributed by atoms with Gasteiger partial charge in [0.05, 0.1) is 5.30 Å². The molecule has 3 aromatic carbocycles. The van der Waals surface area contributed by atoms with Crippen LogP contribution in [0.4, 0.5) is 0 Å². The van der Waals surface area contributed by atoms with E-state index in [-0.39, 0.29) is 11.2 Å². The summed E-state index contributed by atoms with van der Waals surface area (Å²) >= 11 is 4.61. The van der Waals surface area contributed by atoms with Gasteiger partial charge in [0, 0.05) is 47.3 Å². The van der Waals surface area contributed by atoms with Crippen LogP contribution < -0.4 is 5.30 Å². The van der Waals surface area contributed by atoms with Crippen LogP contribution in [-0.4, -0.2) is 19.8 Å². The van der Waals surface area contributed by atoms with Gasteiger partial charge in [-0.25, -0.2) is 0 Å². The van der Waals surface area contributed by atoms with E-state index in [9.17, 15) is 14.4 Å². The zero-order chi connectivity index (χ0) is 21.8. The minimum atomic E-state index is -4.37. The third-order valence-electron chi connectivity index (χ3n) is 5.51. The van der Waals surface area contributed by atoms with Gasteiger partial charge in [0.15, 0.2) is 0 Å². The lowest BCUT2D eigenvalue weighted by Crippen LogP contribution is -2.09. The number of aromatic amines is 2. The summed E-state index contributed by atoms with van der Waals surface area (Å²) in [5, 5.41) is 2.22. The number of fused-ring (bicyclic) bond motifs is 2. The number of rotatable bonds is 4. The number of nitrogens with one attached hydrogen (secondary N) is 2. The maximum Gasteiger partial charge on any atom is 0.356 e. The molecule has 156 valence electrons. The van der Waals surface area contributed by atoms with E-state index in [1.165, 1.54) is 6.07 Å². The second-order valence-corrected chi connectivity index (χ2v) is 11.5. The van der Waals surface area contributed by atoms with Gasteiger partial charge in [0.2, 0.25) is 0 Å². The van der Waals surface area contributed by atoms with Crippen molar-refractivity contribution in [2.24, 2.45) is 0 Å². The van der Waals surface area contributed by atoms with E-state index in [0.717, 1.165) is 45.6 Å². The molecule has 5 nitrogen and oxygen atoms in total. The average Bonchev–Trinajstić information content (AvgIpc) is 3.32. The standard InChI is InChI=1S/C23H17I2N2O3P/c24-14-4-6-21-17(9-14)19(11-26-21)23(13-2-1-3-16(8-13)31(28,29)30)20-12-27-22-7-5-15(25)10-18(20)22/h1-12,23,26-27H,(H2,28,29,30). The fraction of sp³-hybridized carbons (Fsp3) is 0.0435. The first kappa shape index (κ1) is 21.2. The van der Waals surface area contributed by atoms with Gasteiger partial charge in [-0.05, 0) is 110 Å². The number of aromatic nitrogens is 2. The molecule has 0 aliphatic carbocycles. The van der Waals surface area contributed by atoms with Crippen LogP contribution in [0.3, 0.4) is 0 Å². The Hall–Kier alpha value is -1.65. The molecule has 0 bridgehead atoms. The largest absolute Gasteiger partial charge is 0.361 e. The Balaban J connectivity index is 1.82. The van der Waals surface area contributed by atoms with Gasteiger partial charge in [-0.2, -0.15) is 0 Å². The molecule has 0 unspecified atom stereocenters. The van der Waals surface area contributed by atoms with Crippen molar-refractivity contribution in [1.82, 2.24) is 9.97 Å². The SMILES string of the molecule is O=P(O)(O)c1cccc(C(c2c[nH]c3ccc(I)cc23)c2c[nH]c3ccc(I)cc23)c1. The summed E-state index contributed by atoms with van der Waals surface area (Å²) in [6.07, 6.45) is 4.00. The van der Waals surface area contributed by atoms with E-state index < -0.39 is 7.60 Å². The van der Waals surface area contributed by atoms with Crippen LogP contribution in [0.5, 0.6) is 0 Å². The van der Waals surface area contributed by atoms with Crippen molar-refractivity contribution in [3.8, 4) is 0 Å². The quantitative estimate of drug-likeness (QED) is 0.145. The molecule has 0 aliphatic rings. The van der Waals surface area contributed by atoms with Crippen LogP contribution in [-0.2, 0) is 4.57 Å². The molecule has 5 rings (SSSR count). The number of hydrogen-bond donors (Lipinski definition) is 4. The zero-order valence-corrected chi connectivity index (χ0v) is 21.2. The molecule has 8 heteroatoms. The number of H-pyrrole nitrogens is 2. The molecule has 0 radical (unpaired) electrons. The Labute approximate surface area is 205 Å². The first-order valence-corrected chi connectivity index (χ1v) is 13.3. The summed E-state index contributed by atoms with van der Waals surface area (Å²) in [4.78, 5) is 26.3. The van der Waals surface area contributed by atoms with E-state index in [1.807, 2.05) is 18.5 Å². The molecule has 31 heavy (non-hydrogen) atoms. The molecule has 0 saturated heterocycles. The number of benzene rings is 3. The van der Waals surface area contributed by atoms with Gasteiger partial charge < -0.3 is 19.8 Å². The lowest BCUT2D eigenvalue weighted by molar-refractivity contribution is 0.387. The van der Waals surface area contributed by atoms with Gasteiger partial charge >= 0.3 is 7.60 Å². The van der Waals surface area contributed by atoms with Gasteiger partial charge in [-0.15, -0.1) is 0 Å². The second kappa shape index (κ2) is 8.04. The highest BCUT2D eigenvalue weighted by atomic mass is 127. The topological polar surface area (TPSA) is 89.1 Å². The smallest absolute Gasteiger partial charge is 0.356 e. The Morgan fingerprint density at radius 2 is 1.32 bits per heavy atom. The summed E-state index contributed by atoms with van der Waals surface area (Å²) in [5.41, 5.74) is 5.02. The highest BCUT2D eigenvalue weighted by molar-refractivity contribution is 14.1. The van der Waals surface area contributed by atoms with Crippen molar-refractivity contribution in [1.29, 1.82) is 0 Å². The number of halogens is 2. The van der Waals surface area contributed by atoms with Crippen LogP contribution in [0.15, 0.2) is 73.1 Å². The molecule has 4 N–H and O–H groups in total. The van der Waals surface area contributed by atoms with Crippen LogP contribution in [0.2, 0.25) is 0 Å². The molecule has 5 aromatic rings. The van der Waals surface area contributed by atoms with E-state index in [4.69, 9.17) is 0 Å². The molecule has 0 fully saturated rings. The van der Waals surface area contributed by atoms with Gasteiger partial charge in [0.1, 0.15) is 0 Å². The molecule has 2 heterocycles. The molecule has 0 spiro atoms. The molecular formula is C23H17I2N2O3P. The molecule has 0 amide bonds. The van der Waals surface area contributed by atoms with Crippen molar-refractivity contribution in [3.05, 3.63) is 96.9 Å². The number of hydrogen-bond acceptors (Lipinski definition) is 1. The Bertz CT molecular complexity index is 1410. The molecular weight excluding hydrogens is 637 g/mol. The van der Waals surface area contributed by atoms with E-state index >= 15 is 0 Å². The molecule has 0 atom stereocenters. The summed E-state index contributed by atoms with van der Waals surface area (Å²) in [6, 6.07) is 19.3. The van der Waals surface area contributed by atoms with Crippen LogP contribution >= 0.6 is 52.8 Å². The minimum Gasteiger partial charge on any atom is -0.361 e. The van der Waals surface area contributed by atoms with Crippen molar-refractivity contribution >= 4 is 79.9 Å². The first-order chi connectivity index (χ1) is 14.8. The fourth-order valence-electron chi connectivity index (χ4n) is 4.12. The Morgan fingerprint density at radius 1 is 0.774 bits per heavy atom. The van der Waals surface area contributed by atoms with Crippen molar-refractivity contribution in [2.45, 2.75) is 5.92 Å². The molecule has 0 aliphatic heterocycles. The highest BCUT2D eigenvalue weighted by Gasteiger charge is 2.26. The fourth-order valence-corrected chi connectivity index (χ4v) is 5.70. The summed E-state index contributed by atoms with van der Waals surface area (Å²) in [7, 11) is -4.37. The predicted molar refractivity (Wildman–Crippen MR) is 141 cm³/mol. The minimum absolute atomic E-state index is 0.0267. The lowest BCUT2D eigenvalue weighted by atomic mass is 9.85. The normalized spacial score (nSPS) is 12.3. The van der Waals surface area contributed by atoms with Gasteiger partial charge in [-0.1, -0.05) is 12.1 Å². The van der Waals surface area contributed by atoms with E-state index in [2.05, 4.69) is 91.5 Å². The Kier molecular flexibility index (Phi) is 5.50.